The summed E-state index contributed by atoms with van der Waals surface area (Å²) >= 11 is 1.72. The molecule has 0 fully saturated rings. The van der Waals surface area contributed by atoms with Gasteiger partial charge in [-0.05, 0) is 35.9 Å². The summed E-state index contributed by atoms with van der Waals surface area (Å²) in [7, 11) is 0. The molecule has 3 aromatic rings. The fraction of sp³-hybridized carbons (Fsp3) is 0.0526. The number of imidazole rings is 1. The van der Waals surface area contributed by atoms with Gasteiger partial charge in [-0.1, -0.05) is 24.3 Å². The van der Waals surface area contributed by atoms with Crippen LogP contribution >= 0.6 is 11.8 Å². The van der Waals surface area contributed by atoms with E-state index in [1.807, 2.05) is 65.4 Å². The first-order valence-electron chi connectivity index (χ1n) is 7.37. The lowest BCUT2D eigenvalue weighted by Gasteiger charge is -2.16. The lowest BCUT2D eigenvalue weighted by atomic mass is 10.0. The summed E-state index contributed by atoms with van der Waals surface area (Å²) in [5.41, 5.74) is 3.76. The van der Waals surface area contributed by atoms with E-state index in [2.05, 4.69) is 4.98 Å². The smallest absolute Gasteiger partial charge is 0.191 e. The number of rotatable bonds is 2. The summed E-state index contributed by atoms with van der Waals surface area (Å²) in [6.45, 7) is 0. The van der Waals surface area contributed by atoms with E-state index in [1.165, 1.54) is 0 Å². The first-order chi connectivity index (χ1) is 11.3. The number of nitrogens with zero attached hydrogens (tertiary/aromatic N) is 2. The van der Waals surface area contributed by atoms with Crippen molar-refractivity contribution in [2.75, 3.05) is 5.75 Å². The molecule has 0 spiro atoms. The van der Waals surface area contributed by atoms with E-state index < -0.39 is 0 Å². The van der Waals surface area contributed by atoms with Gasteiger partial charge in [0, 0.05) is 39.9 Å². The lowest BCUT2D eigenvalue weighted by Crippen LogP contribution is -2.12. The van der Waals surface area contributed by atoms with Gasteiger partial charge >= 0.3 is 0 Å². The quantitative estimate of drug-likeness (QED) is 0.663. The van der Waals surface area contributed by atoms with Crippen LogP contribution in [0.1, 0.15) is 15.9 Å². The average molecular weight is 318 g/mol. The van der Waals surface area contributed by atoms with Crippen molar-refractivity contribution in [1.29, 1.82) is 0 Å². The molecule has 4 rings (SSSR count). The predicted molar refractivity (Wildman–Crippen MR) is 93.0 cm³/mol. The van der Waals surface area contributed by atoms with Crippen LogP contribution in [0.25, 0.3) is 11.8 Å². The molecule has 3 nitrogen and oxygen atoms in total. The third-order valence-electron chi connectivity index (χ3n) is 3.84. The summed E-state index contributed by atoms with van der Waals surface area (Å²) in [6, 6.07) is 15.9. The molecule has 4 heteroatoms. The second-order valence-electron chi connectivity index (χ2n) is 5.35. The zero-order valence-electron chi connectivity index (χ0n) is 12.3. The molecule has 23 heavy (non-hydrogen) atoms. The molecule has 0 bridgehead atoms. The van der Waals surface area contributed by atoms with Crippen LogP contribution in [0.3, 0.4) is 0 Å². The van der Waals surface area contributed by atoms with Gasteiger partial charge in [0.2, 0.25) is 0 Å². The fourth-order valence-electron chi connectivity index (χ4n) is 2.64. The molecular formula is C19H14N2OS. The van der Waals surface area contributed by atoms with Crippen molar-refractivity contribution < 1.29 is 4.79 Å². The van der Waals surface area contributed by atoms with Gasteiger partial charge in [-0.15, -0.1) is 11.8 Å². The molecule has 1 aliphatic rings. The van der Waals surface area contributed by atoms with Crippen LogP contribution in [0, 0.1) is 0 Å². The number of aromatic nitrogens is 2. The molecule has 0 unspecified atom stereocenters. The zero-order valence-corrected chi connectivity index (χ0v) is 13.2. The molecule has 2 heterocycles. The Balaban J connectivity index is 1.62. The van der Waals surface area contributed by atoms with E-state index in [9.17, 15) is 4.79 Å². The van der Waals surface area contributed by atoms with Gasteiger partial charge in [-0.2, -0.15) is 0 Å². The highest BCUT2D eigenvalue weighted by Gasteiger charge is 2.21. The van der Waals surface area contributed by atoms with Crippen LogP contribution in [0.5, 0.6) is 0 Å². The van der Waals surface area contributed by atoms with Crippen LogP contribution in [0.2, 0.25) is 0 Å². The monoisotopic (exact) mass is 318 g/mol. The molecule has 0 saturated carbocycles. The lowest BCUT2D eigenvalue weighted by molar-refractivity contribution is 0.103. The van der Waals surface area contributed by atoms with Crippen LogP contribution in [-0.4, -0.2) is 21.1 Å². The molecule has 0 atom stereocenters. The fourth-order valence-corrected chi connectivity index (χ4v) is 3.65. The van der Waals surface area contributed by atoms with Gasteiger partial charge in [0.05, 0.1) is 6.33 Å². The largest absolute Gasteiger partial charge is 0.306 e. The summed E-state index contributed by atoms with van der Waals surface area (Å²) in [6.07, 6.45) is 7.42. The molecule has 112 valence electrons. The van der Waals surface area contributed by atoms with Crippen molar-refractivity contribution in [3.05, 3.63) is 84.0 Å². The minimum atomic E-state index is 0.137. The highest BCUT2D eigenvalue weighted by molar-refractivity contribution is 7.99. The molecule has 0 aliphatic carbocycles. The first kappa shape index (κ1) is 14.0. The molecule has 0 saturated heterocycles. The normalized spacial score (nSPS) is 15.7. The number of carbonyl (C=O) groups is 1. The maximum absolute atomic E-state index is 12.6. The molecule has 1 aliphatic heterocycles. The van der Waals surface area contributed by atoms with Crippen LogP contribution in [-0.2, 0) is 0 Å². The highest BCUT2D eigenvalue weighted by atomic mass is 32.2. The van der Waals surface area contributed by atoms with Crippen molar-refractivity contribution in [2.45, 2.75) is 4.90 Å². The SMILES string of the molecule is O=C1C(=Cc2ccc(-n3ccnc3)cc2)CSc2ccccc21. The Hall–Kier alpha value is -2.59. The van der Waals surface area contributed by atoms with E-state index in [0.717, 1.165) is 33.0 Å². The Kier molecular flexibility index (Phi) is 3.60. The molecular weight excluding hydrogens is 304 g/mol. The van der Waals surface area contributed by atoms with Crippen LogP contribution in [0.4, 0.5) is 0 Å². The number of carbonyl (C=O) groups excluding carboxylic acids is 1. The molecule has 2 aromatic carbocycles. The van der Waals surface area contributed by atoms with Gasteiger partial charge in [0.25, 0.3) is 0 Å². The van der Waals surface area contributed by atoms with Crippen molar-refractivity contribution in [2.24, 2.45) is 0 Å². The number of hydrogen-bond acceptors (Lipinski definition) is 3. The van der Waals surface area contributed by atoms with Crippen molar-refractivity contribution in [1.82, 2.24) is 9.55 Å². The number of hydrogen-bond donors (Lipinski definition) is 0. The van der Waals surface area contributed by atoms with Gasteiger partial charge in [-0.25, -0.2) is 4.98 Å². The van der Waals surface area contributed by atoms with Crippen molar-refractivity contribution >= 4 is 23.6 Å². The molecule has 0 N–H and O–H groups in total. The van der Waals surface area contributed by atoms with Crippen molar-refractivity contribution in [3.8, 4) is 5.69 Å². The molecule has 0 amide bonds. The third kappa shape index (κ3) is 2.73. The van der Waals surface area contributed by atoms with Gasteiger partial charge in [0.1, 0.15) is 0 Å². The summed E-state index contributed by atoms with van der Waals surface area (Å²) in [4.78, 5) is 17.7. The van der Waals surface area contributed by atoms with E-state index in [1.54, 1.807) is 24.3 Å². The number of Topliss-reactive ketones (excluding diaryl/α,β-unsaturated/α-hetero) is 1. The Morgan fingerprint density at radius 2 is 1.91 bits per heavy atom. The van der Waals surface area contributed by atoms with Gasteiger partial charge in [-0.3, -0.25) is 4.79 Å². The minimum absolute atomic E-state index is 0.137. The average Bonchev–Trinajstić information content (AvgIpc) is 3.13. The third-order valence-corrected chi connectivity index (χ3v) is 4.97. The molecule has 0 radical (unpaired) electrons. The summed E-state index contributed by atoms with van der Waals surface area (Å²) < 4.78 is 1.95. The summed E-state index contributed by atoms with van der Waals surface area (Å²) in [5, 5.41) is 0. The van der Waals surface area contributed by atoms with E-state index >= 15 is 0 Å². The highest BCUT2D eigenvalue weighted by Crippen LogP contribution is 2.33. The van der Waals surface area contributed by atoms with Crippen molar-refractivity contribution in [3.63, 3.8) is 0 Å². The maximum atomic E-state index is 12.6. The number of ketones is 1. The van der Waals surface area contributed by atoms with Crippen LogP contribution in [0.15, 0.2) is 77.7 Å². The topological polar surface area (TPSA) is 34.9 Å². The number of benzene rings is 2. The summed E-state index contributed by atoms with van der Waals surface area (Å²) in [5.74, 6) is 0.858. The second-order valence-corrected chi connectivity index (χ2v) is 6.36. The zero-order chi connectivity index (χ0) is 15.6. The Morgan fingerprint density at radius 3 is 2.70 bits per heavy atom. The van der Waals surface area contributed by atoms with E-state index in [0.29, 0.717) is 0 Å². The van der Waals surface area contributed by atoms with E-state index in [-0.39, 0.29) is 5.78 Å². The standard InChI is InChI=1S/C19H14N2OS/c22-19-15(12-23-18-4-2-1-3-17(18)19)11-14-5-7-16(8-6-14)21-10-9-20-13-21/h1-11,13H,12H2. The Bertz CT molecular complexity index is 880. The first-order valence-corrected chi connectivity index (χ1v) is 8.35. The Morgan fingerprint density at radius 1 is 1.09 bits per heavy atom. The maximum Gasteiger partial charge on any atom is 0.191 e. The van der Waals surface area contributed by atoms with Gasteiger partial charge in [0.15, 0.2) is 5.78 Å². The predicted octanol–water partition coefficient (Wildman–Crippen LogP) is 4.24. The minimum Gasteiger partial charge on any atom is -0.306 e. The Labute approximate surface area is 138 Å². The van der Waals surface area contributed by atoms with Crippen LogP contribution < -0.4 is 0 Å². The van der Waals surface area contributed by atoms with Gasteiger partial charge < -0.3 is 4.57 Å². The van der Waals surface area contributed by atoms with E-state index in [4.69, 9.17) is 0 Å². The number of fused-ring (bicyclic) bond motifs is 1. The second kappa shape index (κ2) is 5.89. The molecule has 1 aromatic heterocycles. The number of thioether (sulfide) groups is 1.